The lowest BCUT2D eigenvalue weighted by molar-refractivity contribution is -0.274. The summed E-state index contributed by atoms with van der Waals surface area (Å²) >= 11 is 0. The SMILES string of the molecule is FC(F)(F)Oc1ccc(CN2C[C@@H]3[C@H](COCCCN4CCCCC4)[C@@H]3C2)cc1. The number of rotatable bonds is 9. The summed E-state index contributed by atoms with van der Waals surface area (Å²) in [5.74, 6) is 1.99. The molecule has 0 amide bonds. The van der Waals surface area contributed by atoms with Crippen LogP contribution in [0, 0.1) is 17.8 Å². The fourth-order valence-corrected chi connectivity index (χ4v) is 4.96. The Morgan fingerprint density at radius 2 is 1.62 bits per heavy atom. The van der Waals surface area contributed by atoms with Gasteiger partial charge >= 0.3 is 6.36 Å². The summed E-state index contributed by atoms with van der Waals surface area (Å²) in [5, 5.41) is 0. The molecule has 0 N–H and O–H groups in total. The van der Waals surface area contributed by atoms with Crippen LogP contribution in [-0.4, -0.2) is 62.1 Å². The van der Waals surface area contributed by atoms with Crippen molar-refractivity contribution in [3.8, 4) is 5.75 Å². The van der Waals surface area contributed by atoms with Gasteiger partial charge in [-0.3, -0.25) is 4.90 Å². The second-order valence-electron chi connectivity index (χ2n) is 8.71. The van der Waals surface area contributed by atoms with Crippen LogP contribution in [0.1, 0.15) is 31.2 Å². The Balaban J connectivity index is 1.08. The molecular weight excluding hydrogens is 381 g/mol. The van der Waals surface area contributed by atoms with Gasteiger partial charge in [0.05, 0.1) is 6.61 Å². The Morgan fingerprint density at radius 3 is 2.28 bits per heavy atom. The minimum atomic E-state index is -4.64. The molecule has 3 fully saturated rings. The fraction of sp³-hybridized carbons (Fsp3) is 0.727. The molecular formula is C22H31F3N2O2. The van der Waals surface area contributed by atoms with E-state index in [4.69, 9.17) is 4.74 Å². The van der Waals surface area contributed by atoms with Crippen molar-refractivity contribution in [3.63, 3.8) is 0 Å². The van der Waals surface area contributed by atoms with Crippen LogP contribution in [0.3, 0.4) is 0 Å². The molecule has 2 aliphatic heterocycles. The summed E-state index contributed by atoms with van der Waals surface area (Å²) in [6, 6.07) is 6.21. The molecule has 29 heavy (non-hydrogen) atoms. The lowest BCUT2D eigenvalue weighted by Gasteiger charge is -2.26. The van der Waals surface area contributed by atoms with Crippen LogP contribution >= 0.6 is 0 Å². The third-order valence-corrected chi connectivity index (χ3v) is 6.53. The van der Waals surface area contributed by atoms with E-state index in [-0.39, 0.29) is 5.75 Å². The molecule has 1 aromatic rings. The van der Waals surface area contributed by atoms with Gasteiger partial charge in [-0.05, 0) is 67.8 Å². The van der Waals surface area contributed by atoms with Crippen molar-refractivity contribution in [2.75, 3.05) is 45.9 Å². The number of benzene rings is 1. The van der Waals surface area contributed by atoms with Crippen molar-refractivity contribution < 1.29 is 22.6 Å². The normalized spacial score (nSPS) is 27.8. The second kappa shape index (κ2) is 9.23. The summed E-state index contributed by atoms with van der Waals surface area (Å²) in [7, 11) is 0. The zero-order chi connectivity index (χ0) is 20.3. The van der Waals surface area contributed by atoms with E-state index in [0.717, 1.165) is 63.2 Å². The Labute approximate surface area is 170 Å². The Hall–Kier alpha value is -1.31. The van der Waals surface area contributed by atoms with E-state index >= 15 is 0 Å². The van der Waals surface area contributed by atoms with Gasteiger partial charge in [0.1, 0.15) is 5.75 Å². The highest BCUT2D eigenvalue weighted by atomic mass is 19.4. The maximum atomic E-state index is 12.2. The molecule has 0 bridgehead atoms. The molecule has 1 aromatic carbocycles. The molecule has 2 saturated heterocycles. The highest BCUT2D eigenvalue weighted by Gasteiger charge is 2.55. The van der Waals surface area contributed by atoms with Gasteiger partial charge in [0.2, 0.25) is 0 Å². The Kier molecular flexibility index (Phi) is 6.66. The number of ether oxygens (including phenoxy) is 2. The highest BCUT2D eigenvalue weighted by molar-refractivity contribution is 5.27. The molecule has 162 valence electrons. The molecule has 1 aliphatic carbocycles. The van der Waals surface area contributed by atoms with Crippen molar-refractivity contribution in [1.82, 2.24) is 9.80 Å². The van der Waals surface area contributed by atoms with Crippen LogP contribution < -0.4 is 4.74 Å². The first-order valence-electron chi connectivity index (χ1n) is 10.8. The first-order chi connectivity index (χ1) is 14.0. The van der Waals surface area contributed by atoms with E-state index in [2.05, 4.69) is 14.5 Å². The zero-order valence-electron chi connectivity index (χ0n) is 16.9. The third-order valence-electron chi connectivity index (χ3n) is 6.53. The highest BCUT2D eigenvalue weighted by Crippen LogP contribution is 2.52. The maximum Gasteiger partial charge on any atom is 0.573 e. The number of alkyl halides is 3. The minimum Gasteiger partial charge on any atom is -0.406 e. The van der Waals surface area contributed by atoms with E-state index in [1.807, 2.05) is 0 Å². The standard InChI is InChI=1S/C22H31F3N2O2/c23-22(24,25)29-18-7-5-17(6-8-18)13-27-14-19-20(15-27)21(19)16-28-12-4-11-26-9-2-1-3-10-26/h5-8,19-21H,1-4,9-16H2/t19-,20+,21-. The van der Waals surface area contributed by atoms with E-state index in [1.165, 1.54) is 44.5 Å². The van der Waals surface area contributed by atoms with Crippen molar-refractivity contribution in [2.45, 2.75) is 38.6 Å². The van der Waals surface area contributed by atoms with E-state index in [9.17, 15) is 13.2 Å². The average Bonchev–Trinajstić information content (AvgIpc) is 3.14. The summed E-state index contributed by atoms with van der Waals surface area (Å²) in [6.07, 6.45) is 0.555. The second-order valence-corrected chi connectivity index (χ2v) is 8.71. The Morgan fingerprint density at radius 1 is 0.931 bits per heavy atom. The largest absolute Gasteiger partial charge is 0.573 e. The zero-order valence-corrected chi connectivity index (χ0v) is 16.9. The number of fused-ring (bicyclic) bond motifs is 1. The van der Waals surface area contributed by atoms with Crippen LogP contribution in [0.4, 0.5) is 13.2 Å². The number of piperidine rings is 2. The quantitative estimate of drug-likeness (QED) is 0.569. The molecule has 0 aromatic heterocycles. The monoisotopic (exact) mass is 412 g/mol. The number of likely N-dealkylation sites (tertiary alicyclic amines) is 2. The van der Waals surface area contributed by atoms with E-state index in [0.29, 0.717) is 5.92 Å². The summed E-state index contributed by atoms with van der Waals surface area (Å²) < 4.78 is 46.5. The lowest BCUT2D eigenvalue weighted by Crippen LogP contribution is -2.31. The molecule has 3 atom stereocenters. The summed E-state index contributed by atoms with van der Waals surface area (Å²) in [4.78, 5) is 4.94. The fourth-order valence-electron chi connectivity index (χ4n) is 4.96. The molecule has 7 heteroatoms. The van der Waals surface area contributed by atoms with Gasteiger partial charge in [-0.15, -0.1) is 13.2 Å². The molecule has 0 unspecified atom stereocenters. The average molecular weight is 412 g/mol. The van der Waals surface area contributed by atoms with Crippen LogP contribution in [-0.2, 0) is 11.3 Å². The predicted molar refractivity (Wildman–Crippen MR) is 105 cm³/mol. The smallest absolute Gasteiger partial charge is 0.406 e. The first kappa shape index (κ1) is 20.9. The Bertz CT molecular complexity index is 634. The van der Waals surface area contributed by atoms with E-state index < -0.39 is 6.36 Å². The van der Waals surface area contributed by atoms with Crippen LogP contribution in [0.2, 0.25) is 0 Å². The van der Waals surface area contributed by atoms with Gasteiger partial charge in [-0.1, -0.05) is 18.6 Å². The van der Waals surface area contributed by atoms with E-state index in [1.54, 1.807) is 12.1 Å². The van der Waals surface area contributed by atoms with Crippen molar-refractivity contribution in [2.24, 2.45) is 17.8 Å². The van der Waals surface area contributed by atoms with Crippen LogP contribution in [0.5, 0.6) is 5.75 Å². The van der Waals surface area contributed by atoms with Gasteiger partial charge in [-0.25, -0.2) is 0 Å². The number of hydrogen-bond acceptors (Lipinski definition) is 4. The lowest BCUT2D eigenvalue weighted by atomic mass is 10.1. The molecule has 0 radical (unpaired) electrons. The number of hydrogen-bond donors (Lipinski definition) is 0. The molecule has 2 heterocycles. The third kappa shape index (κ3) is 6.09. The molecule has 0 spiro atoms. The van der Waals surface area contributed by atoms with Gasteiger partial charge < -0.3 is 14.4 Å². The van der Waals surface area contributed by atoms with Crippen molar-refractivity contribution in [1.29, 1.82) is 0 Å². The predicted octanol–water partition coefficient (Wildman–Crippen LogP) is 4.16. The van der Waals surface area contributed by atoms with Gasteiger partial charge in [0.15, 0.2) is 0 Å². The van der Waals surface area contributed by atoms with Gasteiger partial charge in [-0.2, -0.15) is 0 Å². The summed E-state index contributed by atoms with van der Waals surface area (Å²) in [6.45, 7) is 8.32. The van der Waals surface area contributed by atoms with Crippen molar-refractivity contribution >= 4 is 0 Å². The minimum absolute atomic E-state index is 0.164. The van der Waals surface area contributed by atoms with Gasteiger partial charge in [0.25, 0.3) is 0 Å². The molecule has 3 aliphatic rings. The molecule has 4 nitrogen and oxygen atoms in total. The number of halogens is 3. The van der Waals surface area contributed by atoms with Crippen LogP contribution in [0.25, 0.3) is 0 Å². The molecule has 4 rings (SSSR count). The maximum absolute atomic E-state index is 12.2. The first-order valence-corrected chi connectivity index (χ1v) is 10.8. The summed E-state index contributed by atoms with van der Waals surface area (Å²) in [5.41, 5.74) is 1.02. The van der Waals surface area contributed by atoms with Crippen molar-refractivity contribution in [3.05, 3.63) is 29.8 Å². The number of nitrogens with zero attached hydrogens (tertiary/aromatic N) is 2. The van der Waals surface area contributed by atoms with Gasteiger partial charge in [0, 0.05) is 32.8 Å². The topological polar surface area (TPSA) is 24.9 Å². The molecule has 1 saturated carbocycles. The van der Waals surface area contributed by atoms with Crippen LogP contribution in [0.15, 0.2) is 24.3 Å².